The maximum absolute atomic E-state index is 13.1. The molecule has 3 N–H and O–H groups in total. The number of carbonyl (C=O) groups excluding carboxylic acids is 1. The molecule has 32 heavy (non-hydrogen) atoms. The van der Waals surface area contributed by atoms with Crippen LogP contribution in [-0.2, 0) is 20.6 Å². The van der Waals surface area contributed by atoms with Gasteiger partial charge in [0.2, 0.25) is 0 Å². The maximum Gasteiger partial charge on any atom is 0.252 e. The molecule has 7 nitrogen and oxygen atoms in total. The molecule has 2 heterocycles. The third-order valence-electron chi connectivity index (χ3n) is 5.66. The molecule has 0 radical (unpaired) electrons. The summed E-state index contributed by atoms with van der Waals surface area (Å²) in [5, 5.41) is 11.8. The molecule has 0 fully saturated rings. The lowest BCUT2D eigenvalue weighted by molar-refractivity contribution is 0.0939. The molecule has 4 rings (SSSR count). The van der Waals surface area contributed by atoms with Crippen LogP contribution in [0, 0.1) is 6.92 Å². The summed E-state index contributed by atoms with van der Waals surface area (Å²) in [5.41, 5.74) is 13.4. The number of aryl methyl sites for hydroxylation is 3. The summed E-state index contributed by atoms with van der Waals surface area (Å²) in [6.45, 7) is 4.33. The smallest absolute Gasteiger partial charge is 0.252 e. The van der Waals surface area contributed by atoms with Gasteiger partial charge in [0.15, 0.2) is 0 Å². The number of carbonyl (C=O) groups is 1. The van der Waals surface area contributed by atoms with Crippen LogP contribution in [-0.4, -0.2) is 25.5 Å². The van der Waals surface area contributed by atoms with Crippen molar-refractivity contribution in [2.24, 2.45) is 19.8 Å². The van der Waals surface area contributed by atoms with Crippen LogP contribution < -0.4 is 11.1 Å². The maximum atomic E-state index is 13.1. The summed E-state index contributed by atoms with van der Waals surface area (Å²) in [7, 11) is 3.80. The van der Waals surface area contributed by atoms with Gasteiger partial charge < -0.3 is 11.1 Å². The molecule has 2 aromatic heterocycles. The van der Waals surface area contributed by atoms with Gasteiger partial charge in [0.1, 0.15) is 0 Å². The molecule has 1 atom stereocenters. The third-order valence-corrected chi connectivity index (χ3v) is 5.66. The van der Waals surface area contributed by atoms with E-state index >= 15 is 0 Å². The summed E-state index contributed by atoms with van der Waals surface area (Å²) in [6.07, 6.45) is 7.66. The Morgan fingerprint density at radius 1 is 0.969 bits per heavy atom. The van der Waals surface area contributed by atoms with Crippen molar-refractivity contribution in [3.05, 3.63) is 83.4 Å². The molecule has 7 heteroatoms. The SMILES string of the molecule is Cc1ccc(CN)cc1C(=O)NC(C)c1cc(-c2cnn(C)c2)cc(-c2cnn(C)c2)c1. The lowest BCUT2D eigenvalue weighted by Crippen LogP contribution is -2.27. The zero-order valence-electron chi connectivity index (χ0n) is 18.8. The normalized spacial score (nSPS) is 12.0. The Labute approximate surface area is 187 Å². The van der Waals surface area contributed by atoms with Crippen LogP contribution in [0.3, 0.4) is 0 Å². The van der Waals surface area contributed by atoms with Crippen LogP contribution in [0.25, 0.3) is 22.3 Å². The molecule has 0 aliphatic rings. The molecule has 0 aliphatic heterocycles. The number of amides is 1. The van der Waals surface area contributed by atoms with Gasteiger partial charge >= 0.3 is 0 Å². The van der Waals surface area contributed by atoms with Crippen molar-refractivity contribution < 1.29 is 4.79 Å². The van der Waals surface area contributed by atoms with E-state index in [4.69, 9.17) is 5.73 Å². The van der Waals surface area contributed by atoms with E-state index in [9.17, 15) is 4.79 Å². The predicted octanol–water partition coefficient (Wildman–Crippen LogP) is 3.75. The Morgan fingerprint density at radius 3 is 2.06 bits per heavy atom. The Kier molecular flexibility index (Phi) is 5.92. The molecular formula is C25H28N6O. The summed E-state index contributed by atoms with van der Waals surface area (Å²) < 4.78 is 3.56. The van der Waals surface area contributed by atoms with E-state index in [0.29, 0.717) is 12.1 Å². The molecule has 164 valence electrons. The molecule has 4 aromatic rings. The standard InChI is InChI=1S/C25H28N6O/c1-16-5-6-18(11-26)7-24(16)25(32)29-17(2)19-8-20(22-12-27-30(3)14-22)10-21(9-19)23-13-28-31(4)15-23/h5-10,12-15,17H,11,26H2,1-4H3,(H,29,32). The fraction of sp³-hybridized carbons (Fsp3) is 0.240. The lowest BCUT2D eigenvalue weighted by Gasteiger charge is -2.18. The molecule has 0 spiro atoms. The minimum atomic E-state index is -0.199. The minimum Gasteiger partial charge on any atom is -0.346 e. The van der Waals surface area contributed by atoms with E-state index in [-0.39, 0.29) is 11.9 Å². The monoisotopic (exact) mass is 428 g/mol. The second-order valence-electron chi connectivity index (χ2n) is 8.20. The van der Waals surface area contributed by atoms with Gasteiger partial charge in [-0.2, -0.15) is 10.2 Å². The van der Waals surface area contributed by atoms with Gasteiger partial charge in [-0.15, -0.1) is 0 Å². The van der Waals surface area contributed by atoms with Gasteiger partial charge in [-0.05, 0) is 65.9 Å². The Hall–Kier alpha value is -3.71. The quantitative estimate of drug-likeness (QED) is 0.489. The third kappa shape index (κ3) is 4.48. The van der Waals surface area contributed by atoms with Gasteiger partial charge in [-0.25, -0.2) is 0 Å². The van der Waals surface area contributed by atoms with Gasteiger partial charge in [-0.3, -0.25) is 14.2 Å². The molecule has 0 saturated carbocycles. The highest BCUT2D eigenvalue weighted by atomic mass is 16.1. The van der Waals surface area contributed by atoms with E-state index in [1.165, 1.54) is 0 Å². The number of rotatable bonds is 6. The van der Waals surface area contributed by atoms with Crippen molar-refractivity contribution in [2.75, 3.05) is 0 Å². The first kappa shape index (κ1) is 21.5. The zero-order valence-corrected chi connectivity index (χ0v) is 18.8. The molecule has 0 saturated heterocycles. The highest BCUT2D eigenvalue weighted by molar-refractivity contribution is 5.96. The Balaban J connectivity index is 1.69. The van der Waals surface area contributed by atoms with Crippen molar-refractivity contribution in [3.63, 3.8) is 0 Å². The number of nitrogens with one attached hydrogen (secondary N) is 1. The summed E-state index contributed by atoms with van der Waals surface area (Å²) in [4.78, 5) is 13.1. The zero-order chi connectivity index (χ0) is 22.8. The largest absolute Gasteiger partial charge is 0.346 e. The molecular weight excluding hydrogens is 400 g/mol. The number of aromatic nitrogens is 4. The number of nitrogens with two attached hydrogens (primary N) is 1. The predicted molar refractivity (Wildman–Crippen MR) is 126 cm³/mol. The van der Waals surface area contributed by atoms with Crippen LogP contribution in [0.5, 0.6) is 0 Å². The van der Waals surface area contributed by atoms with Gasteiger partial charge in [0.05, 0.1) is 18.4 Å². The Bertz CT molecular complexity index is 1210. The summed E-state index contributed by atoms with van der Waals surface area (Å²) in [5.74, 6) is -0.111. The van der Waals surface area contributed by atoms with E-state index in [0.717, 1.165) is 38.9 Å². The first-order valence-corrected chi connectivity index (χ1v) is 10.6. The molecule has 0 bridgehead atoms. The van der Waals surface area contributed by atoms with Crippen LogP contribution in [0.4, 0.5) is 0 Å². The molecule has 0 aliphatic carbocycles. The fourth-order valence-corrected chi connectivity index (χ4v) is 3.77. The van der Waals surface area contributed by atoms with Crippen LogP contribution in [0.1, 0.15) is 40.0 Å². The summed E-state index contributed by atoms with van der Waals surface area (Å²) >= 11 is 0. The minimum absolute atomic E-state index is 0.111. The van der Waals surface area contributed by atoms with Crippen molar-refractivity contribution in [2.45, 2.75) is 26.4 Å². The highest BCUT2D eigenvalue weighted by Gasteiger charge is 2.16. The average molecular weight is 429 g/mol. The van der Waals surface area contributed by atoms with Gasteiger partial charge in [0.25, 0.3) is 5.91 Å². The first-order chi connectivity index (χ1) is 15.3. The van der Waals surface area contributed by atoms with E-state index in [2.05, 4.69) is 33.7 Å². The number of hydrogen-bond donors (Lipinski definition) is 2. The topological polar surface area (TPSA) is 90.8 Å². The van der Waals surface area contributed by atoms with Gasteiger partial charge in [-0.1, -0.05) is 12.1 Å². The molecule has 1 unspecified atom stereocenters. The average Bonchev–Trinajstić information content (AvgIpc) is 3.42. The van der Waals surface area contributed by atoms with Crippen molar-refractivity contribution in [1.29, 1.82) is 0 Å². The first-order valence-electron chi connectivity index (χ1n) is 10.6. The highest BCUT2D eigenvalue weighted by Crippen LogP contribution is 2.30. The van der Waals surface area contributed by atoms with E-state index in [1.54, 1.807) is 9.36 Å². The van der Waals surface area contributed by atoms with Crippen molar-refractivity contribution >= 4 is 5.91 Å². The van der Waals surface area contributed by atoms with Crippen LogP contribution in [0.15, 0.2) is 61.2 Å². The molecule has 1 amide bonds. The number of nitrogens with zero attached hydrogens (tertiary/aromatic N) is 4. The second-order valence-corrected chi connectivity index (χ2v) is 8.20. The molecule has 2 aromatic carbocycles. The van der Waals surface area contributed by atoms with Gasteiger partial charge in [0, 0.05) is 49.7 Å². The second kappa shape index (κ2) is 8.80. The summed E-state index contributed by atoms with van der Waals surface area (Å²) in [6, 6.07) is 11.9. The van der Waals surface area contributed by atoms with Crippen LogP contribution in [0.2, 0.25) is 0 Å². The van der Waals surface area contributed by atoms with E-state index < -0.39 is 0 Å². The van der Waals surface area contributed by atoms with Crippen molar-refractivity contribution in [3.8, 4) is 22.3 Å². The number of hydrogen-bond acceptors (Lipinski definition) is 4. The van der Waals surface area contributed by atoms with Crippen molar-refractivity contribution in [1.82, 2.24) is 24.9 Å². The lowest BCUT2D eigenvalue weighted by atomic mass is 9.95. The Morgan fingerprint density at radius 2 is 1.56 bits per heavy atom. The van der Waals surface area contributed by atoms with E-state index in [1.807, 2.05) is 70.9 Å². The number of benzene rings is 2. The van der Waals surface area contributed by atoms with Crippen LogP contribution >= 0.6 is 0 Å². The fourth-order valence-electron chi connectivity index (χ4n) is 3.77.